The molecule has 1 aliphatic heterocycles. The van der Waals surface area contributed by atoms with Crippen LogP contribution in [0.25, 0.3) is 10.2 Å². The van der Waals surface area contributed by atoms with E-state index >= 15 is 0 Å². The normalized spacial score (nSPS) is 15.6. The number of pyridine rings is 1. The SMILES string of the molecule is CN1CCCN(c2cc(C(F)(F)F)c3scc(C(=O)NCc4cccc(F)c4F)c3n2)CC1. The van der Waals surface area contributed by atoms with Crippen molar-refractivity contribution in [1.82, 2.24) is 15.2 Å². The highest BCUT2D eigenvalue weighted by Crippen LogP contribution is 2.40. The van der Waals surface area contributed by atoms with Crippen molar-refractivity contribution in [3.8, 4) is 0 Å². The number of halogens is 5. The highest BCUT2D eigenvalue weighted by molar-refractivity contribution is 7.17. The van der Waals surface area contributed by atoms with Gasteiger partial charge in [-0.15, -0.1) is 11.3 Å². The van der Waals surface area contributed by atoms with Gasteiger partial charge in [0.15, 0.2) is 11.6 Å². The monoisotopic (exact) mass is 484 g/mol. The van der Waals surface area contributed by atoms with E-state index in [0.29, 0.717) is 19.6 Å². The minimum atomic E-state index is -4.62. The fourth-order valence-corrected chi connectivity index (χ4v) is 4.78. The van der Waals surface area contributed by atoms with Crippen molar-refractivity contribution in [2.45, 2.75) is 19.1 Å². The van der Waals surface area contributed by atoms with Crippen molar-refractivity contribution < 1.29 is 26.7 Å². The van der Waals surface area contributed by atoms with Gasteiger partial charge < -0.3 is 15.1 Å². The van der Waals surface area contributed by atoms with Crippen LogP contribution in [0.15, 0.2) is 29.6 Å². The van der Waals surface area contributed by atoms with Gasteiger partial charge in [0.25, 0.3) is 5.91 Å². The number of nitrogens with one attached hydrogen (secondary N) is 1. The molecule has 1 aromatic carbocycles. The molecule has 2 aromatic heterocycles. The summed E-state index contributed by atoms with van der Waals surface area (Å²) in [6.45, 7) is 2.25. The van der Waals surface area contributed by atoms with Crippen LogP contribution in [-0.4, -0.2) is 49.0 Å². The van der Waals surface area contributed by atoms with Crippen molar-refractivity contribution in [3.63, 3.8) is 0 Å². The average Bonchev–Trinajstić information content (AvgIpc) is 3.07. The average molecular weight is 484 g/mol. The Balaban J connectivity index is 1.68. The Morgan fingerprint density at radius 2 is 1.97 bits per heavy atom. The van der Waals surface area contributed by atoms with Crippen LogP contribution in [0.5, 0.6) is 0 Å². The van der Waals surface area contributed by atoms with E-state index in [-0.39, 0.29) is 33.7 Å². The van der Waals surface area contributed by atoms with Crippen LogP contribution in [0.3, 0.4) is 0 Å². The maximum absolute atomic E-state index is 13.9. The van der Waals surface area contributed by atoms with Gasteiger partial charge in [0, 0.05) is 37.1 Å². The number of hydrogen-bond donors (Lipinski definition) is 1. The first kappa shape index (κ1) is 23.4. The molecule has 0 atom stereocenters. The lowest BCUT2D eigenvalue weighted by Gasteiger charge is -2.23. The van der Waals surface area contributed by atoms with Crippen LogP contribution in [0.2, 0.25) is 0 Å². The van der Waals surface area contributed by atoms with Crippen LogP contribution >= 0.6 is 11.3 Å². The first-order valence-corrected chi connectivity index (χ1v) is 11.2. The number of fused-ring (bicyclic) bond motifs is 1. The van der Waals surface area contributed by atoms with E-state index in [4.69, 9.17) is 0 Å². The molecule has 33 heavy (non-hydrogen) atoms. The summed E-state index contributed by atoms with van der Waals surface area (Å²) in [7, 11) is 1.95. The molecule has 0 bridgehead atoms. The maximum Gasteiger partial charge on any atom is 0.417 e. The minimum Gasteiger partial charge on any atom is -0.355 e. The van der Waals surface area contributed by atoms with E-state index < -0.39 is 29.3 Å². The van der Waals surface area contributed by atoms with Crippen molar-refractivity contribution >= 4 is 33.3 Å². The van der Waals surface area contributed by atoms with Crippen LogP contribution in [0.4, 0.5) is 27.8 Å². The zero-order chi connectivity index (χ0) is 23.8. The zero-order valence-corrected chi connectivity index (χ0v) is 18.5. The fourth-order valence-electron chi connectivity index (χ4n) is 3.76. The van der Waals surface area contributed by atoms with E-state index in [1.165, 1.54) is 17.5 Å². The second kappa shape index (κ2) is 9.22. The number of amides is 1. The van der Waals surface area contributed by atoms with Gasteiger partial charge in [0.2, 0.25) is 0 Å². The molecule has 0 saturated carbocycles. The molecule has 0 unspecified atom stereocenters. The van der Waals surface area contributed by atoms with E-state index in [9.17, 15) is 26.7 Å². The molecule has 0 spiro atoms. The molecule has 3 heterocycles. The summed E-state index contributed by atoms with van der Waals surface area (Å²) < 4.78 is 68.7. The maximum atomic E-state index is 13.9. The van der Waals surface area contributed by atoms with Crippen molar-refractivity contribution in [2.24, 2.45) is 0 Å². The summed E-state index contributed by atoms with van der Waals surface area (Å²) in [5.41, 5.74) is -1.01. The zero-order valence-electron chi connectivity index (χ0n) is 17.7. The smallest absolute Gasteiger partial charge is 0.355 e. The predicted octanol–water partition coefficient (Wildman–Crippen LogP) is 4.67. The molecule has 1 fully saturated rings. The minimum absolute atomic E-state index is 0.0360. The summed E-state index contributed by atoms with van der Waals surface area (Å²) in [5.74, 6) is -2.68. The number of rotatable bonds is 4. The predicted molar refractivity (Wildman–Crippen MR) is 116 cm³/mol. The number of anilines is 1. The third-order valence-corrected chi connectivity index (χ3v) is 6.58. The van der Waals surface area contributed by atoms with Crippen molar-refractivity contribution in [2.75, 3.05) is 38.1 Å². The Kier molecular flexibility index (Phi) is 6.53. The summed E-state index contributed by atoms with van der Waals surface area (Å²) in [5, 5.41) is 3.76. The second-order valence-electron chi connectivity index (χ2n) is 7.89. The lowest BCUT2D eigenvalue weighted by atomic mass is 10.1. The molecule has 176 valence electrons. The quantitative estimate of drug-likeness (QED) is 0.547. The highest BCUT2D eigenvalue weighted by Gasteiger charge is 2.36. The standard InChI is InChI=1S/C22H21F5N4OS/c1-30-6-3-7-31(9-8-30)17-10-15(22(25,26)27)20-19(29-17)14(12-33-20)21(32)28-11-13-4-2-5-16(23)18(13)24/h2,4-5,10,12H,3,6-9,11H2,1H3,(H,28,32). The number of hydrogen-bond acceptors (Lipinski definition) is 5. The van der Waals surface area contributed by atoms with Gasteiger partial charge in [0.1, 0.15) is 5.82 Å². The summed E-state index contributed by atoms with van der Waals surface area (Å²) >= 11 is 0.779. The molecule has 3 aromatic rings. The Morgan fingerprint density at radius 3 is 2.73 bits per heavy atom. The van der Waals surface area contributed by atoms with Crippen LogP contribution in [0, 0.1) is 11.6 Å². The molecular formula is C22H21F5N4OS. The first-order valence-electron chi connectivity index (χ1n) is 10.3. The Morgan fingerprint density at radius 1 is 1.18 bits per heavy atom. The van der Waals surface area contributed by atoms with E-state index in [1.54, 1.807) is 4.90 Å². The van der Waals surface area contributed by atoms with Gasteiger partial charge in [-0.3, -0.25) is 4.79 Å². The topological polar surface area (TPSA) is 48.5 Å². The number of carbonyl (C=O) groups excluding carboxylic acids is 1. The van der Waals surface area contributed by atoms with Gasteiger partial charge in [-0.2, -0.15) is 13.2 Å². The number of thiophene rings is 1. The summed E-state index contributed by atoms with van der Waals surface area (Å²) in [6, 6.07) is 4.62. The third kappa shape index (κ3) is 4.93. The lowest BCUT2D eigenvalue weighted by Crippen LogP contribution is -2.30. The highest BCUT2D eigenvalue weighted by atomic mass is 32.1. The van der Waals surface area contributed by atoms with E-state index in [1.807, 2.05) is 7.05 Å². The Bertz CT molecular complexity index is 1180. The summed E-state index contributed by atoms with van der Waals surface area (Å²) in [4.78, 5) is 21.1. The molecule has 5 nitrogen and oxygen atoms in total. The van der Waals surface area contributed by atoms with E-state index in [2.05, 4.69) is 15.2 Å². The molecule has 1 amide bonds. The lowest BCUT2D eigenvalue weighted by molar-refractivity contribution is -0.136. The molecule has 4 rings (SSSR count). The fraction of sp³-hybridized carbons (Fsp3) is 0.364. The van der Waals surface area contributed by atoms with Crippen molar-refractivity contribution in [3.05, 3.63) is 58.0 Å². The number of carbonyl (C=O) groups is 1. The van der Waals surface area contributed by atoms with Crippen LogP contribution in [-0.2, 0) is 12.7 Å². The van der Waals surface area contributed by atoms with E-state index in [0.717, 1.165) is 36.4 Å². The van der Waals surface area contributed by atoms with Crippen LogP contribution < -0.4 is 10.2 Å². The number of alkyl halides is 3. The second-order valence-corrected chi connectivity index (χ2v) is 8.77. The van der Waals surface area contributed by atoms with Gasteiger partial charge in [-0.25, -0.2) is 13.8 Å². The number of nitrogens with zero attached hydrogens (tertiary/aromatic N) is 3. The van der Waals surface area contributed by atoms with Gasteiger partial charge in [0.05, 0.1) is 21.3 Å². The summed E-state index contributed by atoms with van der Waals surface area (Å²) in [6.07, 6.45) is -3.85. The first-order chi connectivity index (χ1) is 15.6. The Hall–Kier alpha value is -2.79. The molecule has 1 aliphatic rings. The number of aromatic nitrogens is 1. The van der Waals surface area contributed by atoms with Crippen molar-refractivity contribution in [1.29, 1.82) is 0 Å². The van der Waals surface area contributed by atoms with Gasteiger partial charge >= 0.3 is 6.18 Å². The molecule has 0 aliphatic carbocycles. The molecular weight excluding hydrogens is 463 g/mol. The molecule has 1 N–H and O–H groups in total. The van der Waals surface area contributed by atoms with Crippen LogP contribution in [0.1, 0.15) is 27.9 Å². The third-order valence-electron chi connectivity index (χ3n) is 5.57. The number of likely N-dealkylation sites (N-methyl/N-ethyl adjacent to an activating group) is 1. The molecule has 11 heteroatoms. The Labute approximate surface area is 190 Å². The largest absolute Gasteiger partial charge is 0.417 e. The molecule has 0 radical (unpaired) electrons. The van der Waals surface area contributed by atoms with Gasteiger partial charge in [-0.05, 0) is 32.1 Å². The number of benzene rings is 1. The molecule has 1 saturated heterocycles. The van der Waals surface area contributed by atoms with Gasteiger partial charge in [-0.1, -0.05) is 12.1 Å².